The van der Waals surface area contributed by atoms with E-state index in [2.05, 4.69) is 25.6 Å². The maximum Gasteiger partial charge on any atom is 0.237 e. The zero-order valence-electron chi connectivity index (χ0n) is 24.8. The lowest BCUT2D eigenvalue weighted by atomic mass is 9.89. The maximum atomic E-state index is 9.55. The Balaban J connectivity index is 1.42. The lowest BCUT2D eigenvalue weighted by molar-refractivity contribution is 0.0617. The van der Waals surface area contributed by atoms with Gasteiger partial charge in [0.2, 0.25) is 11.8 Å². The summed E-state index contributed by atoms with van der Waals surface area (Å²) in [5.41, 5.74) is 5.23. The first-order valence-electron chi connectivity index (χ1n) is 14.5. The van der Waals surface area contributed by atoms with Gasteiger partial charge in [-0.25, -0.2) is 9.97 Å². The topological polar surface area (TPSA) is 135 Å². The molecule has 1 saturated carbocycles. The number of nitrogens with zero attached hydrogens (tertiary/aromatic N) is 4. The number of halogens is 2. The summed E-state index contributed by atoms with van der Waals surface area (Å²) in [5, 5.41) is 26.6. The molecule has 5 rings (SSSR count). The first-order chi connectivity index (χ1) is 21.4. The highest BCUT2D eigenvalue weighted by molar-refractivity contribution is 6.39. The molecular weight excluding hydrogens is 603 g/mol. The molecule has 0 unspecified atom stereocenters. The molecule has 4 aromatic rings. The lowest BCUT2D eigenvalue weighted by Gasteiger charge is -2.32. The van der Waals surface area contributed by atoms with E-state index in [0.29, 0.717) is 68.8 Å². The van der Waals surface area contributed by atoms with Crippen LogP contribution in [0.15, 0.2) is 48.8 Å². The van der Waals surface area contributed by atoms with E-state index >= 15 is 0 Å². The molecule has 1 fully saturated rings. The minimum atomic E-state index is -0.234. The number of aliphatic hydroxyl groups excluding tert-OH is 2. The summed E-state index contributed by atoms with van der Waals surface area (Å²) in [7, 11) is 3.11. The zero-order valence-corrected chi connectivity index (χ0v) is 26.4. The number of nitrogens with one attached hydrogen (secondary N) is 2. The largest absolute Gasteiger partial charge is 0.480 e. The van der Waals surface area contributed by atoms with E-state index in [-0.39, 0.29) is 24.8 Å². The molecule has 0 saturated heterocycles. The molecule has 0 aliphatic heterocycles. The Morgan fingerprint density at radius 1 is 0.841 bits per heavy atom. The van der Waals surface area contributed by atoms with Crippen molar-refractivity contribution in [3.8, 4) is 45.4 Å². The fourth-order valence-corrected chi connectivity index (χ4v) is 5.72. The van der Waals surface area contributed by atoms with Crippen LogP contribution in [0.3, 0.4) is 0 Å². The number of hydrogen-bond acceptors (Lipinski definition) is 10. The quantitative estimate of drug-likeness (QED) is 0.157. The lowest BCUT2D eigenvalue weighted by Crippen LogP contribution is -2.43. The van der Waals surface area contributed by atoms with Crippen LogP contribution < -0.4 is 20.1 Å². The molecule has 12 heteroatoms. The summed E-state index contributed by atoms with van der Waals surface area (Å²) in [6.07, 6.45) is 5.35. The molecular formula is C32H36Cl2N6O4. The van der Waals surface area contributed by atoms with Gasteiger partial charge >= 0.3 is 0 Å². The van der Waals surface area contributed by atoms with Gasteiger partial charge in [-0.15, -0.1) is 0 Å². The van der Waals surface area contributed by atoms with Gasteiger partial charge in [-0.1, -0.05) is 66.5 Å². The Morgan fingerprint density at radius 3 is 1.80 bits per heavy atom. The predicted octanol–water partition coefficient (Wildman–Crippen LogP) is 5.07. The van der Waals surface area contributed by atoms with Crippen LogP contribution in [0.5, 0.6) is 11.8 Å². The number of ether oxygens (including phenoxy) is 2. The Bertz CT molecular complexity index is 1600. The average molecular weight is 640 g/mol. The molecule has 1 atom stereocenters. The van der Waals surface area contributed by atoms with E-state index in [1.54, 1.807) is 26.6 Å². The van der Waals surface area contributed by atoms with Gasteiger partial charge in [0.05, 0.1) is 60.8 Å². The molecule has 44 heavy (non-hydrogen) atoms. The third kappa shape index (κ3) is 6.96. The summed E-state index contributed by atoms with van der Waals surface area (Å²) < 4.78 is 11.1. The van der Waals surface area contributed by atoms with E-state index in [9.17, 15) is 10.2 Å². The van der Waals surface area contributed by atoms with Crippen LogP contribution in [0.2, 0.25) is 10.0 Å². The summed E-state index contributed by atoms with van der Waals surface area (Å²) >= 11 is 14.0. The minimum Gasteiger partial charge on any atom is -0.480 e. The predicted molar refractivity (Wildman–Crippen MR) is 171 cm³/mol. The van der Waals surface area contributed by atoms with Gasteiger partial charge in [-0.2, -0.15) is 0 Å². The Kier molecular flexibility index (Phi) is 10.6. The molecule has 0 spiro atoms. The molecule has 0 bridgehead atoms. The molecule has 2 aromatic heterocycles. The molecule has 1 aliphatic rings. The second-order valence-electron chi connectivity index (χ2n) is 10.6. The highest BCUT2D eigenvalue weighted by atomic mass is 35.5. The van der Waals surface area contributed by atoms with Crippen molar-refractivity contribution in [1.29, 1.82) is 0 Å². The molecule has 232 valence electrons. The highest BCUT2D eigenvalue weighted by Crippen LogP contribution is 2.42. The second-order valence-corrected chi connectivity index (χ2v) is 11.4. The summed E-state index contributed by atoms with van der Waals surface area (Å²) in [4.78, 5) is 18.6. The normalized spacial score (nSPS) is 16.8. The first-order valence-corrected chi connectivity index (χ1v) is 15.3. The standard InChI is InChI=1S/C32H36Cl2N6O4/c1-4-18(17-41)35-15-27-31(43-2)39-25(13-37-27)23-9-5-7-21(29(23)33)22-8-6-10-24(30(22)34)26-14-38-28(32(40-26)44-3)16-36-19-11-20(42)12-19/h5-10,13-14,18-20,35-36,41-42H,4,11-12,15-17H2,1-3H3/t18-,19-,20+/m0/s1. The molecule has 10 nitrogen and oxygen atoms in total. The van der Waals surface area contributed by atoms with Crippen molar-refractivity contribution < 1.29 is 19.7 Å². The molecule has 2 heterocycles. The van der Waals surface area contributed by atoms with Crippen LogP contribution in [0.25, 0.3) is 33.6 Å². The smallest absolute Gasteiger partial charge is 0.237 e. The van der Waals surface area contributed by atoms with Crippen LogP contribution in [0.1, 0.15) is 37.6 Å². The third-order valence-electron chi connectivity index (χ3n) is 7.79. The number of aliphatic hydroxyl groups is 2. The van der Waals surface area contributed by atoms with Gasteiger partial charge in [0.15, 0.2) is 0 Å². The van der Waals surface area contributed by atoms with Crippen molar-refractivity contribution >= 4 is 23.2 Å². The SMILES string of the molecule is CC[C@@H](CO)NCc1ncc(-c2cccc(-c3cccc(-c4cnc(CN[C@H]5C[C@@H](O)C5)c(OC)n4)c3Cl)c2Cl)nc1OC. The van der Waals surface area contributed by atoms with E-state index in [1.165, 1.54) is 0 Å². The van der Waals surface area contributed by atoms with Crippen LogP contribution >= 0.6 is 23.2 Å². The second kappa shape index (κ2) is 14.6. The molecule has 1 aliphatic carbocycles. The van der Waals surface area contributed by atoms with Gasteiger partial charge in [-0.05, 0) is 19.3 Å². The van der Waals surface area contributed by atoms with Crippen LogP contribution in [-0.2, 0) is 13.1 Å². The van der Waals surface area contributed by atoms with Crippen molar-refractivity contribution in [3.63, 3.8) is 0 Å². The van der Waals surface area contributed by atoms with Gasteiger partial charge in [-0.3, -0.25) is 9.97 Å². The van der Waals surface area contributed by atoms with E-state index in [0.717, 1.165) is 30.4 Å². The fraction of sp³-hybridized carbons (Fsp3) is 0.375. The molecule has 0 amide bonds. The summed E-state index contributed by atoms with van der Waals surface area (Å²) in [5.74, 6) is 0.782. The molecule has 4 N–H and O–H groups in total. The molecule has 0 radical (unpaired) electrons. The Morgan fingerprint density at radius 2 is 1.34 bits per heavy atom. The highest BCUT2D eigenvalue weighted by Gasteiger charge is 2.27. The molecule has 2 aromatic carbocycles. The van der Waals surface area contributed by atoms with Gasteiger partial charge in [0.25, 0.3) is 0 Å². The van der Waals surface area contributed by atoms with Crippen LogP contribution in [-0.4, -0.2) is 69.2 Å². The summed E-state index contributed by atoms with van der Waals surface area (Å²) in [6.45, 7) is 2.92. The van der Waals surface area contributed by atoms with Crippen LogP contribution in [0.4, 0.5) is 0 Å². The van der Waals surface area contributed by atoms with Crippen molar-refractivity contribution in [1.82, 2.24) is 30.6 Å². The monoisotopic (exact) mass is 638 g/mol. The number of rotatable bonds is 13. The maximum absolute atomic E-state index is 9.55. The number of hydrogen-bond donors (Lipinski definition) is 4. The fourth-order valence-electron chi connectivity index (χ4n) is 5.07. The average Bonchev–Trinajstić information content (AvgIpc) is 3.03. The first kappa shape index (κ1) is 32.0. The van der Waals surface area contributed by atoms with Crippen molar-refractivity contribution in [2.24, 2.45) is 0 Å². The number of methoxy groups -OCH3 is 2. The Hall–Kier alpha value is -3.38. The Labute approximate surface area is 266 Å². The van der Waals surface area contributed by atoms with Crippen molar-refractivity contribution in [2.75, 3.05) is 20.8 Å². The third-order valence-corrected chi connectivity index (χ3v) is 8.61. The summed E-state index contributed by atoms with van der Waals surface area (Å²) in [6, 6.07) is 11.6. The van der Waals surface area contributed by atoms with Gasteiger partial charge in [0.1, 0.15) is 11.4 Å². The number of benzene rings is 2. The van der Waals surface area contributed by atoms with E-state index in [4.69, 9.17) is 37.7 Å². The van der Waals surface area contributed by atoms with Gasteiger partial charge in [0, 0.05) is 47.4 Å². The minimum absolute atomic E-state index is 0.0339. The van der Waals surface area contributed by atoms with E-state index < -0.39 is 0 Å². The number of aromatic nitrogens is 4. The van der Waals surface area contributed by atoms with Crippen molar-refractivity contribution in [3.05, 3.63) is 70.2 Å². The van der Waals surface area contributed by atoms with Gasteiger partial charge < -0.3 is 30.3 Å². The zero-order chi connectivity index (χ0) is 31.2. The van der Waals surface area contributed by atoms with Crippen molar-refractivity contribution in [2.45, 2.75) is 57.5 Å². The van der Waals surface area contributed by atoms with E-state index in [1.807, 2.05) is 43.3 Å². The van der Waals surface area contributed by atoms with Crippen LogP contribution in [0, 0.1) is 0 Å².